The van der Waals surface area contributed by atoms with E-state index in [1.54, 1.807) is 24.2 Å². The molecule has 2 bridgehead atoms. The van der Waals surface area contributed by atoms with Gasteiger partial charge in [0.1, 0.15) is 5.03 Å². The summed E-state index contributed by atoms with van der Waals surface area (Å²) in [6, 6.07) is 6.66. The van der Waals surface area contributed by atoms with E-state index in [0.29, 0.717) is 24.2 Å². The molecule has 7 heteroatoms. The Morgan fingerprint density at radius 3 is 2.83 bits per heavy atom. The number of carbonyl (C=O) groups excluding carboxylic acids is 1. The third-order valence-corrected chi connectivity index (χ3v) is 7.62. The molecule has 152 valence electrons. The van der Waals surface area contributed by atoms with Gasteiger partial charge in [0, 0.05) is 43.3 Å². The fourth-order valence-electron chi connectivity index (χ4n) is 5.22. The monoisotopic (exact) mass is 410 g/mol. The van der Waals surface area contributed by atoms with Crippen molar-refractivity contribution in [2.75, 3.05) is 25.5 Å². The number of rotatable bonds is 4. The van der Waals surface area contributed by atoms with Gasteiger partial charge in [-0.2, -0.15) is 0 Å². The lowest BCUT2D eigenvalue weighted by Crippen LogP contribution is -2.48. The van der Waals surface area contributed by atoms with E-state index in [0.717, 1.165) is 36.2 Å². The maximum atomic E-state index is 11.9. The van der Waals surface area contributed by atoms with E-state index in [4.69, 9.17) is 4.74 Å². The summed E-state index contributed by atoms with van der Waals surface area (Å²) in [6.45, 7) is 3.10. The molecule has 0 spiro atoms. The fourth-order valence-corrected chi connectivity index (χ4v) is 6.10. The summed E-state index contributed by atoms with van der Waals surface area (Å²) in [5.41, 5.74) is 2.43. The van der Waals surface area contributed by atoms with Gasteiger partial charge >= 0.3 is 5.97 Å². The molecule has 29 heavy (non-hydrogen) atoms. The zero-order valence-corrected chi connectivity index (χ0v) is 17.5. The smallest absolute Gasteiger partial charge is 0.305 e. The quantitative estimate of drug-likeness (QED) is 0.650. The second-order valence-corrected chi connectivity index (χ2v) is 9.39. The van der Waals surface area contributed by atoms with Crippen LogP contribution in [0.3, 0.4) is 0 Å². The van der Waals surface area contributed by atoms with Gasteiger partial charge in [-0.1, -0.05) is 24.2 Å². The highest BCUT2D eigenvalue weighted by Gasteiger charge is 2.40. The number of esters is 1. The molecule has 2 aromatic rings. The van der Waals surface area contributed by atoms with Crippen molar-refractivity contribution in [3.8, 4) is 0 Å². The minimum atomic E-state index is -0.0537. The molecule has 0 amide bonds. The average Bonchev–Trinajstić information content (AvgIpc) is 2.72. The maximum absolute atomic E-state index is 11.9. The molecule has 0 radical (unpaired) electrons. The zero-order valence-electron chi connectivity index (χ0n) is 16.6. The van der Waals surface area contributed by atoms with E-state index in [9.17, 15) is 4.79 Å². The largest absolute Gasteiger partial charge is 0.469 e. The summed E-state index contributed by atoms with van der Waals surface area (Å²) in [5.74, 6) is 2.48. The SMILES string of the molecule is COC(=O)CC1C2CCCC1CN(Cc1ccc3c(c1)Nc1nccnc1S3)C2. The van der Waals surface area contributed by atoms with Crippen molar-refractivity contribution in [3.63, 3.8) is 0 Å². The number of methoxy groups -OCH3 is 1. The number of ether oxygens (including phenoxy) is 1. The van der Waals surface area contributed by atoms with Crippen LogP contribution in [0.2, 0.25) is 0 Å². The molecule has 2 aliphatic heterocycles. The Morgan fingerprint density at radius 1 is 1.24 bits per heavy atom. The minimum absolute atomic E-state index is 0.0537. The van der Waals surface area contributed by atoms with Gasteiger partial charge in [0.25, 0.3) is 0 Å². The van der Waals surface area contributed by atoms with E-state index in [2.05, 4.69) is 38.4 Å². The van der Waals surface area contributed by atoms with Crippen LogP contribution >= 0.6 is 11.8 Å². The van der Waals surface area contributed by atoms with Crippen molar-refractivity contribution in [1.82, 2.24) is 14.9 Å². The lowest BCUT2D eigenvalue weighted by Gasteiger charge is -2.47. The Balaban J connectivity index is 1.28. The van der Waals surface area contributed by atoms with Gasteiger partial charge in [-0.15, -0.1) is 0 Å². The van der Waals surface area contributed by atoms with Gasteiger partial charge in [-0.3, -0.25) is 9.69 Å². The number of nitrogens with zero attached hydrogens (tertiary/aromatic N) is 3. The molecule has 2 atom stereocenters. The minimum Gasteiger partial charge on any atom is -0.469 e. The molecule has 1 saturated carbocycles. The number of nitrogens with one attached hydrogen (secondary N) is 1. The lowest BCUT2D eigenvalue weighted by molar-refractivity contribution is -0.144. The van der Waals surface area contributed by atoms with E-state index in [1.165, 1.54) is 36.8 Å². The van der Waals surface area contributed by atoms with Gasteiger partial charge < -0.3 is 10.1 Å². The van der Waals surface area contributed by atoms with Crippen LogP contribution in [0.15, 0.2) is 40.5 Å². The second-order valence-electron chi connectivity index (χ2n) is 8.36. The van der Waals surface area contributed by atoms with Crippen molar-refractivity contribution in [1.29, 1.82) is 0 Å². The first-order chi connectivity index (χ1) is 14.2. The van der Waals surface area contributed by atoms with Gasteiger partial charge in [-0.25, -0.2) is 9.97 Å². The summed E-state index contributed by atoms with van der Waals surface area (Å²) in [6.07, 6.45) is 7.78. The van der Waals surface area contributed by atoms with E-state index >= 15 is 0 Å². The molecule has 3 heterocycles. The molecular formula is C22H26N4O2S. The summed E-state index contributed by atoms with van der Waals surface area (Å²) < 4.78 is 4.95. The zero-order chi connectivity index (χ0) is 19.8. The summed E-state index contributed by atoms with van der Waals surface area (Å²) >= 11 is 1.67. The number of fused-ring (bicyclic) bond motifs is 4. The number of anilines is 2. The number of hydrogen-bond donors (Lipinski definition) is 1. The van der Waals surface area contributed by atoms with Crippen LogP contribution in [-0.2, 0) is 16.1 Å². The third-order valence-electron chi connectivity index (χ3n) is 6.55. The maximum Gasteiger partial charge on any atom is 0.305 e. The van der Waals surface area contributed by atoms with Crippen molar-refractivity contribution in [2.24, 2.45) is 17.8 Å². The Labute approximate surface area is 175 Å². The van der Waals surface area contributed by atoms with Gasteiger partial charge in [0.05, 0.1) is 12.8 Å². The Morgan fingerprint density at radius 2 is 2.03 bits per heavy atom. The molecule has 1 aromatic heterocycles. The first-order valence-electron chi connectivity index (χ1n) is 10.4. The normalized spacial score (nSPS) is 25.5. The van der Waals surface area contributed by atoms with E-state index in [1.807, 2.05) is 0 Å². The van der Waals surface area contributed by atoms with E-state index in [-0.39, 0.29) is 5.97 Å². The molecule has 5 rings (SSSR count). The van der Waals surface area contributed by atoms with Crippen LogP contribution in [-0.4, -0.2) is 41.0 Å². The second kappa shape index (κ2) is 7.95. The molecular weight excluding hydrogens is 384 g/mol. The van der Waals surface area contributed by atoms with Crippen LogP contribution in [0.25, 0.3) is 0 Å². The number of carbonyl (C=O) groups is 1. The highest BCUT2D eigenvalue weighted by atomic mass is 32.2. The first kappa shape index (κ1) is 18.9. The Hall–Kier alpha value is -2.12. The Kier molecular flexibility index (Phi) is 5.18. The van der Waals surface area contributed by atoms with Crippen molar-refractivity contribution in [3.05, 3.63) is 36.2 Å². The summed E-state index contributed by atoms with van der Waals surface area (Å²) in [7, 11) is 1.50. The first-order valence-corrected chi connectivity index (χ1v) is 11.2. The molecule has 2 fully saturated rings. The number of piperidine rings is 1. The fraction of sp³-hybridized carbons (Fsp3) is 0.500. The van der Waals surface area contributed by atoms with Crippen LogP contribution in [0.4, 0.5) is 11.5 Å². The van der Waals surface area contributed by atoms with Crippen LogP contribution in [0.5, 0.6) is 0 Å². The Bertz CT molecular complexity index is 907. The molecule has 1 aliphatic carbocycles. The number of hydrogen-bond acceptors (Lipinski definition) is 7. The topological polar surface area (TPSA) is 67.3 Å². The molecule has 1 saturated heterocycles. The van der Waals surface area contributed by atoms with E-state index < -0.39 is 0 Å². The van der Waals surface area contributed by atoms with Crippen LogP contribution < -0.4 is 5.32 Å². The lowest BCUT2D eigenvalue weighted by atomic mass is 9.67. The van der Waals surface area contributed by atoms with Gasteiger partial charge in [0.15, 0.2) is 5.82 Å². The van der Waals surface area contributed by atoms with Crippen LogP contribution in [0, 0.1) is 17.8 Å². The number of likely N-dealkylation sites (tertiary alicyclic amines) is 1. The van der Waals surface area contributed by atoms with Crippen molar-refractivity contribution in [2.45, 2.75) is 42.1 Å². The molecule has 2 unspecified atom stereocenters. The molecule has 6 nitrogen and oxygen atoms in total. The van der Waals surface area contributed by atoms with Gasteiger partial charge in [0.2, 0.25) is 0 Å². The molecule has 3 aliphatic rings. The predicted octanol–water partition coefficient (Wildman–Crippen LogP) is 4.10. The highest BCUT2D eigenvalue weighted by Crippen LogP contribution is 2.44. The van der Waals surface area contributed by atoms with Crippen molar-refractivity contribution < 1.29 is 9.53 Å². The summed E-state index contributed by atoms with van der Waals surface area (Å²) in [4.78, 5) is 24.4. The highest BCUT2D eigenvalue weighted by molar-refractivity contribution is 7.99. The number of aromatic nitrogens is 2. The predicted molar refractivity (Wildman–Crippen MR) is 112 cm³/mol. The molecule has 1 N–H and O–H groups in total. The third kappa shape index (κ3) is 3.85. The number of benzene rings is 1. The average molecular weight is 411 g/mol. The van der Waals surface area contributed by atoms with Crippen molar-refractivity contribution >= 4 is 29.2 Å². The van der Waals surface area contributed by atoms with Gasteiger partial charge in [-0.05, 0) is 48.3 Å². The summed E-state index contributed by atoms with van der Waals surface area (Å²) in [5, 5.41) is 4.35. The standard InChI is InChI=1S/C22H26N4O2S/c1-28-20(27)10-17-15-3-2-4-16(17)13-26(12-15)11-14-5-6-19-18(9-14)25-21-22(29-19)24-8-7-23-21/h5-9,15-17H,2-4,10-13H2,1H3,(H,23,25). The van der Waals surface area contributed by atoms with Crippen LogP contribution in [0.1, 0.15) is 31.2 Å². The molecule has 1 aromatic carbocycles.